The molecular weight excluding hydrogens is 114 g/mol. The topological polar surface area (TPSA) is 9.23 Å². The van der Waals surface area contributed by atoms with Gasteiger partial charge >= 0.3 is 0 Å². The molecule has 0 rings (SSSR count). The second-order valence-electron chi connectivity index (χ2n) is 1.39. The Kier molecular flexibility index (Phi) is 3.49. The maximum absolute atomic E-state index is 11.9. The van der Waals surface area contributed by atoms with Crippen molar-refractivity contribution in [1.29, 1.82) is 0 Å². The minimum Gasteiger partial charge on any atom is -0.378 e. The van der Waals surface area contributed by atoms with Crippen LogP contribution in [0.5, 0.6) is 0 Å². The van der Waals surface area contributed by atoms with Crippen molar-refractivity contribution in [3.63, 3.8) is 0 Å². The van der Waals surface area contributed by atoms with Crippen LogP contribution < -0.4 is 0 Å². The fraction of sp³-hybridized carbons (Fsp3) is 1.00. The van der Waals surface area contributed by atoms with Crippen LogP contribution in [0.1, 0.15) is 6.92 Å². The summed E-state index contributed by atoms with van der Waals surface area (Å²) in [6.07, 6.45) is -0.301. The highest BCUT2D eigenvalue weighted by Crippen LogP contribution is 2.08. The molecular formula is C4H10FOP. The summed E-state index contributed by atoms with van der Waals surface area (Å²) in [5.74, 6) is -0.940. The van der Waals surface area contributed by atoms with E-state index in [1.165, 1.54) is 7.11 Å². The predicted molar refractivity (Wildman–Crippen MR) is 31.1 cm³/mol. The van der Waals surface area contributed by atoms with Crippen molar-refractivity contribution in [2.75, 3.05) is 7.11 Å². The van der Waals surface area contributed by atoms with Crippen LogP contribution in [0.4, 0.5) is 4.39 Å². The highest BCUT2D eigenvalue weighted by molar-refractivity contribution is 7.17. The molecule has 0 heterocycles. The molecule has 0 aromatic heterocycles. The molecule has 1 nitrogen and oxygen atoms in total. The minimum absolute atomic E-state index is 0.301. The lowest BCUT2D eigenvalue weighted by molar-refractivity contribution is 0.0808. The fourth-order valence-electron chi connectivity index (χ4n) is 0.130. The molecule has 0 aliphatic heterocycles. The van der Waals surface area contributed by atoms with Crippen LogP contribution in [-0.4, -0.2) is 19.1 Å². The predicted octanol–water partition coefficient (Wildman–Crippen LogP) is 1.19. The first-order valence-corrected chi connectivity index (χ1v) is 2.77. The molecule has 0 spiro atoms. The molecule has 3 atom stereocenters. The van der Waals surface area contributed by atoms with Crippen molar-refractivity contribution in [3.05, 3.63) is 0 Å². The third-order valence-corrected chi connectivity index (χ3v) is 1.36. The highest BCUT2D eigenvalue weighted by atomic mass is 31.0. The molecule has 0 N–H and O–H groups in total. The van der Waals surface area contributed by atoms with Gasteiger partial charge in [-0.1, -0.05) is 9.24 Å². The van der Waals surface area contributed by atoms with E-state index in [0.717, 1.165) is 0 Å². The normalized spacial score (nSPS) is 18.9. The van der Waals surface area contributed by atoms with Gasteiger partial charge in [-0.2, -0.15) is 0 Å². The number of ether oxygens (including phenoxy) is 1. The Morgan fingerprint density at radius 2 is 2.14 bits per heavy atom. The van der Waals surface area contributed by atoms with Crippen LogP contribution in [0.2, 0.25) is 0 Å². The van der Waals surface area contributed by atoms with E-state index in [1.54, 1.807) is 6.92 Å². The van der Waals surface area contributed by atoms with E-state index >= 15 is 0 Å². The second kappa shape index (κ2) is 3.34. The van der Waals surface area contributed by atoms with E-state index in [0.29, 0.717) is 0 Å². The average Bonchev–Trinajstić information content (AvgIpc) is 1.65. The largest absolute Gasteiger partial charge is 0.378 e. The Bertz CT molecular complexity index is 49.0. The van der Waals surface area contributed by atoms with Crippen molar-refractivity contribution < 1.29 is 9.13 Å². The summed E-state index contributed by atoms with van der Waals surface area (Å²) in [5, 5.41) is 0. The van der Waals surface area contributed by atoms with Gasteiger partial charge in [0.1, 0.15) is 5.91 Å². The van der Waals surface area contributed by atoms with Crippen molar-refractivity contribution >= 4 is 9.24 Å². The van der Waals surface area contributed by atoms with Gasteiger partial charge in [0.15, 0.2) is 0 Å². The van der Waals surface area contributed by atoms with Crippen molar-refractivity contribution in [2.45, 2.75) is 18.9 Å². The first-order chi connectivity index (χ1) is 3.18. The number of halogens is 1. The highest BCUT2D eigenvalue weighted by Gasteiger charge is 2.06. The van der Waals surface area contributed by atoms with E-state index in [2.05, 4.69) is 4.74 Å². The summed E-state index contributed by atoms with van der Waals surface area (Å²) in [6.45, 7) is 1.68. The fourth-order valence-corrected chi connectivity index (χ4v) is 0.287. The van der Waals surface area contributed by atoms with Crippen molar-refractivity contribution in [2.24, 2.45) is 0 Å². The monoisotopic (exact) mass is 124 g/mol. The number of alkyl halides is 1. The van der Waals surface area contributed by atoms with Gasteiger partial charge in [0, 0.05) is 7.11 Å². The van der Waals surface area contributed by atoms with Crippen molar-refractivity contribution in [3.8, 4) is 0 Å². The molecule has 3 unspecified atom stereocenters. The zero-order valence-corrected chi connectivity index (χ0v) is 5.67. The zero-order chi connectivity index (χ0) is 5.86. The Morgan fingerprint density at radius 3 is 2.14 bits per heavy atom. The summed E-state index contributed by atoms with van der Waals surface area (Å²) >= 11 is 0. The Balaban J connectivity index is 3.14. The third-order valence-electron chi connectivity index (χ3n) is 0.820. The Hall–Kier alpha value is 0.320. The summed E-state index contributed by atoms with van der Waals surface area (Å²) < 4.78 is 16.5. The molecule has 0 aliphatic carbocycles. The van der Waals surface area contributed by atoms with Crippen LogP contribution in [0, 0.1) is 0 Å². The smallest absolute Gasteiger partial charge is 0.139 e. The quantitative estimate of drug-likeness (QED) is 0.502. The van der Waals surface area contributed by atoms with E-state index in [9.17, 15) is 4.39 Å². The molecule has 0 bridgehead atoms. The van der Waals surface area contributed by atoms with Gasteiger partial charge < -0.3 is 4.74 Å². The summed E-state index contributed by atoms with van der Waals surface area (Å²) in [4.78, 5) is 0. The molecule has 0 fully saturated rings. The van der Waals surface area contributed by atoms with E-state index < -0.39 is 5.91 Å². The van der Waals surface area contributed by atoms with Gasteiger partial charge in [-0.05, 0) is 6.92 Å². The van der Waals surface area contributed by atoms with Crippen LogP contribution in [0.25, 0.3) is 0 Å². The van der Waals surface area contributed by atoms with Crippen LogP contribution in [-0.2, 0) is 4.74 Å². The van der Waals surface area contributed by atoms with Crippen molar-refractivity contribution in [1.82, 2.24) is 0 Å². The van der Waals surface area contributed by atoms with E-state index in [1.807, 2.05) is 9.24 Å². The lowest BCUT2D eigenvalue weighted by Gasteiger charge is -2.08. The molecule has 0 radical (unpaired) electrons. The SMILES string of the molecule is COC(C)C(F)P. The van der Waals surface area contributed by atoms with E-state index in [-0.39, 0.29) is 6.10 Å². The molecule has 0 aromatic rings. The number of methoxy groups -OCH3 is 1. The van der Waals surface area contributed by atoms with Gasteiger partial charge in [-0.3, -0.25) is 0 Å². The molecule has 0 saturated carbocycles. The summed E-state index contributed by atoms with van der Waals surface area (Å²) in [6, 6.07) is 0. The number of hydrogen-bond acceptors (Lipinski definition) is 1. The third kappa shape index (κ3) is 2.95. The maximum Gasteiger partial charge on any atom is 0.139 e. The zero-order valence-electron chi connectivity index (χ0n) is 4.52. The maximum atomic E-state index is 11.9. The molecule has 0 aliphatic rings. The molecule has 0 aromatic carbocycles. The van der Waals surface area contributed by atoms with Gasteiger partial charge in [0.2, 0.25) is 0 Å². The lowest BCUT2D eigenvalue weighted by Crippen LogP contribution is -2.13. The molecule has 0 saturated heterocycles. The lowest BCUT2D eigenvalue weighted by atomic mass is 10.5. The molecule has 44 valence electrons. The first kappa shape index (κ1) is 7.32. The summed E-state index contributed by atoms with van der Waals surface area (Å²) in [7, 11) is 3.51. The van der Waals surface area contributed by atoms with Crippen LogP contribution in [0.3, 0.4) is 0 Å². The molecule has 3 heteroatoms. The van der Waals surface area contributed by atoms with Gasteiger partial charge in [0.25, 0.3) is 0 Å². The van der Waals surface area contributed by atoms with Crippen LogP contribution in [0.15, 0.2) is 0 Å². The Morgan fingerprint density at radius 1 is 1.71 bits per heavy atom. The first-order valence-electron chi connectivity index (χ1n) is 2.11. The number of rotatable bonds is 2. The van der Waals surface area contributed by atoms with Gasteiger partial charge in [0.05, 0.1) is 6.10 Å². The second-order valence-corrected chi connectivity index (χ2v) is 2.02. The van der Waals surface area contributed by atoms with Crippen LogP contribution >= 0.6 is 9.24 Å². The standard InChI is InChI=1S/C4H10FOP/c1-3(6-2)4(5)7/h3-4H,7H2,1-2H3. The van der Waals surface area contributed by atoms with Gasteiger partial charge in [-0.25, -0.2) is 4.39 Å². The van der Waals surface area contributed by atoms with E-state index in [4.69, 9.17) is 0 Å². The Labute approximate surface area is 45.4 Å². The minimum atomic E-state index is -0.940. The van der Waals surface area contributed by atoms with Gasteiger partial charge in [-0.15, -0.1) is 0 Å². The number of hydrogen-bond donors (Lipinski definition) is 0. The molecule has 7 heavy (non-hydrogen) atoms. The molecule has 0 amide bonds. The average molecular weight is 124 g/mol. The summed E-state index contributed by atoms with van der Waals surface area (Å²) in [5.41, 5.74) is 0.